The van der Waals surface area contributed by atoms with E-state index >= 15 is 0 Å². The lowest BCUT2D eigenvalue weighted by Gasteiger charge is -2.09. The SMILES string of the molecule is [C-]#[N+]c1ccc2c(c1)c1c(-c3ccc4ncn(-c5ccccc5)c4c3)cccc1n2-c1ccncc1. The summed E-state index contributed by atoms with van der Waals surface area (Å²) in [6, 6.07) is 33.0. The predicted octanol–water partition coefficient (Wildman–Crippen LogP) is 7.74. The molecule has 0 aliphatic heterocycles. The molecule has 0 amide bonds. The van der Waals surface area contributed by atoms with Crippen LogP contribution in [0.5, 0.6) is 0 Å². The number of rotatable bonds is 3. The summed E-state index contributed by atoms with van der Waals surface area (Å²) in [4.78, 5) is 12.5. The number of para-hydroxylation sites is 1. The molecule has 4 aromatic carbocycles. The van der Waals surface area contributed by atoms with Crippen LogP contribution in [0.15, 0.2) is 116 Å². The average molecular weight is 462 g/mol. The van der Waals surface area contributed by atoms with Crippen LogP contribution < -0.4 is 0 Å². The Kier molecular flexibility index (Phi) is 4.45. The third-order valence-corrected chi connectivity index (χ3v) is 6.72. The van der Waals surface area contributed by atoms with E-state index < -0.39 is 0 Å². The van der Waals surface area contributed by atoms with Crippen LogP contribution >= 0.6 is 0 Å². The van der Waals surface area contributed by atoms with Crippen molar-refractivity contribution in [1.29, 1.82) is 0 Å². The number of hydrogen-bond donors (Lipinski definition) is 0. The highest BCUT2D eigenvalue weighted by Gasteiger charge is 2.17. The molecule has 0 bridgehead atoms. The Morgan fingerprint density at radius 3 is 2.39 bits per heavy atom. The Hall–Kier alpha value is -5.21. The van der Waals surface area contributed by atoms with E-state index in [1.54, 1.807) is 0 Å². The van der Waals surface area contributed by atoms with Gasteiger partial charge in [-0.15, -0.1) is 0 Å². The Labute approximate surface area is 207 Å². The summed E-state index contributed by atoms with van der Waals surface area (Å²) in [6.07, 6.45) is 5.49. The number of fused-ring (bicyclic) bond motifs is 4. The molecule has 168 valence electrons. The number of imidazole rings is 1. The van der Waals surface area contributed by atoms with Crippen molar-refractivity contribution in [1.82, 2.24) is 19.1 Å². The van der Waals surface area contributed by atoms with E-state index in [9.17, 15) is 0 Å². The zero-order valence-corrected chi connectivity index (χ0v) is 19.2. The molecule has 0 radical (unpaired) electrons. The summed E-state index contributed by atoms with van der Waals surface area (Å²) in [7, 11) is 0. The highest BCUT2D eigenvalue weighted by Crippen LogP contribution is 2.40. The quantitative estimate of drug-likeness (QED) is 0.253. The highest BCUT2D eigenvalue weighted by molar-refractivity contribution is 6.16. The van der Waals surface area contributed by atoms with Crippen molar-refractivity contribution in [3.8, 4) is 22.5 Å². The van der Waals surface area contributed by atoms with Crippen molar-refractivity contribution < 1.29 is 0 Å². The van der Waals surface area contributed by atoms with Gasteiger partial charge in [-0.3, -0.25) is 9.55 Å². The normalized spacial score (nSPS) is 11.3. The minimum absolute atomic E-state index is 0.628. The number of nitrogens with zero attached hydrogens (tertiary/aromatic N) is 5. The van der Waals surface area contributed by atoms with Crippen molar-refractivity contribution in [3.63, 3.8) is 0 Å². The Morgan fingerprint density at radius 1 is 0.694 bits per heavy atom. The van der Waals surface area contributed by atoms with Crippen LogP contribution in [-0.2, 0) is 0 Å². The first kappa shape index (κ1) is 20.2. The third kappa shape index (κ3) is 3.02. The van der Waals surface area contributed by atoms with Crippen molar-refractivity contribution in [2.45, 2.75) is 0 Å². The minimum Gasteiger partial charge on any atom is -0.309 e. The van der Waals surface area contributed by atoms with Crippen LogP contribution in [0.4, 0.5) is 5.69 Å². The van der Waals surface area contributed by atoms with E-state index in [2.05, 4.69) is 72.5 Å². The number of hydrogen-bond acceptors (Lipinski definition) is 2. The maximum Gasteiger partial charge on any atom is 0.188 e. The molecule has 7 rings (SSSR count). The molecule has 5 heteroatoms. The second-order valence-electron chi connectivity index (χ2n) is 8.71. The van der Waals surface area contributed by atoms with E-state index in [1.165, 1.54) is 0 Å². The molecule has 0 saturated carbocycles. The summed E-state index contributed by atoms with van der Waals surface area (Å²) in [5, 5.41) is 2.18. The fourth-order valence-electron chi connectivity index (χ4n) is 5.11. The molecule has 0 spiro atoms. The topological polar surface area (TPSA) is 40.0 Å². The smallest absolute Gasteiger partial charge is 0.188 e. The van der Waals surface area contributed by atoms with Gasteiger partial charge in [0.25, 0.3) is 0 Å². The first-order valence-electron chi connectivity index (χ1n) is 11.7. The van der Waals surface area contributed by atoms with Gasteiger partial charge in [0.05, 0.1) is 28.6 Å². The van der Waals surface area contributed by atoms with Crippen molar-refractivity contribution in [2.24, 2.45) is 0 Å². The van der Waals surface area contributed by atoms with Gasteiger partial charge in [-0.05, 0) is 71.1 Å². The molecule has 0 aliphatic rings. The Balaban J connectivity index is 1.54. The number of aromatic nitrogens is 4. The summed E-state index contributed by atoms with van der Waals surface area (Å²) < 4.78 is 4.37. The number of pyridine rings is 1. The zero-order chi connectivity index (χ0) is 24.1. The summed E-state index contributed by atoms with van der Waals surface area (Å²) in [5.41, 5.74) is 9.12. The second kappa shape index (κ2) is 7.93. The summed E-state index contributed by atoms with van der Waals surface area (Å²) >= 11 is 0. The van der Waals surface area contributed by atoms with Crippen LogP contribution in [0.2, 0.25) is 0 Å². The molecule has 0 aliphatic carbocycles. The second-order valence-corrected chi connectivity index (χ2v) is 8.71. The van der Waals surface area contributed by atoms with Gasteiger partial charge in [-0.25, -0.2) is 9.83 Å². The van der Waals surface area contributed by atoms with Crippen molar-refractivity contribution in [3.05, 3.63) is 127 Å². The Bertz CT molecular complexity index is 1940. The Morgan fingerprint density at radius 2 is 1.56 bits per heavy atom. The van der Waals surface area contributed by atoms with Gasteiger partial charge in [0, 0.05) is 29.2 Å². The lowest BCUT2D eigenvalue weighted by Crippen LogP contribution is -1.93. The molecule has 3 heterocycles. The van der Waals surface area contributed by atoms with E-state index in [1.807, 2.05) is 67.3 Å². The molecular formula is C31H19N5. The third-order valence-electron chi connectivity index (χ3n) is 6.72. The first-order chi connectivity index (χ1) is 17.8. The van der Waals surface area contributed by atoms with Gasteiger partial charge in [0.2, 0.25) is 0 Å². The van der Waals surface area contributed by atoms with Crippen LogP contribution in [0.25, 0.3) is 60.2 Å². The molecule has 3 aromatic heterocycles. The lowest BCUT2D eigenvalue weighted by molar-refractivity contribution is 1.09. The van der Waals surface area contributed by atoms with E-state index in [0.29, 0.717) is 5.69 Å². The molecule has 0 saturated heterocycles. The lowest BCUT2D eigenvalue weighted by atomic mass is 9.99. The van der Waals surface area contributed by atoms with Gasteiger partial charge >= 0.3 is 0 Å². The largest absolute Gasteiger partial charge is 0.309 e. The van der Waals surface area contributed by atoms with Gasteiger partial charge in [0.1, 0.15) is 6.33 Å². The standard InChI is InChI=1S/C31H19N5/c1-32-22-11-13-28-26(19-22)31-25(8-5-9-29(31)36(28)24-14-16-33-17-15-24)21-10-12-27-30(18-21)35(20-34-27)23-6-3-2-4-7-23/h2-20H. The van der Waals surface area contributed by atoms with Gasteiger partial charge in [0.15, 0.2) is 5.69 Å². The first-order valence-corrected chi connectivity index (χ1v) is 11.7. The van der Waals surface area contributed by atoms with E-state index in [0.717, 1.165) is 55.3 Å². The van der Waals surface area contributed by atoms with Gasteiger partial charge in [-0.1, -0.05) is 42.5 Å². The van der Waals surface area contributed by atoms with Crippen molar-refractivity contribution in [2.75, 3.05) is 0 Å². The summed E-state index contributed by atoms with van der Waals surface area (Å²) in [5.74, 6) is 0. The average Bonchev–Trinajstić information content (AvgIpc) is 3.52. The van der Waals surface area contributed by atoms with Crippen LogP contribution in [-0.4, -0.2) is 19.1 Å². The molecular weight excluding hydrogens is 442 g/mol. The maximum atomic E-state index is 7.59. The molecule has 0 unspecified atom stereocenters. The number of benzene rings is 4. The minimum atomic E-state index is 0.628. The fraction of sp³-hybridized carbons (Fsp3) is 0. The van der Waals surface area contributed by atoms with Crippen molar-refractivity contribution >= 4 is 38.5 Å². The molecule has 5 nitrogen and oxygen atoms in total. The predicted molar refractivity (Wildman–Crippen MR) is 145 cm³/mol. The fourth-order valence-corrected chi connectivity index (χ4v) is 5.11. The van der Waals surface area contributed by atoms with E-state index in [-0.39, 0.29) is 0 Å². The van der Waals surface area contributed by atoms with Crippen LogP contribution in [0, 0.1) is 6.57 Å². The summed E-state index contributed by atoms with van der Waals surface area (Å²) in [6.45, 7) is 7.59. The molecule has 0 fully saturated rings. The molecule has 0 N–H and O–H groups in total. The maximum absolute atomic E-state index is 7.59. The molecule has 36 heavy (non-hydrogen) atoms. The van der Waals surface area contributed by atoms with E-state index in [4.69, 9.17) is 6.57 Å². The van der Waals surface area contributed by atoms with Crippen LogP contribution in [0.1, 0.15) is 0 Å². The van der Waals surface area contributed by atoms with Crippen LogP contribution in [0.3, 0.4) is 0 Å². The van der Waals surface area contributed by atoms with Gasteiger partial charge in [-0.2, -0.15) is 0 Å². The molecule has 7 aromatic rings. The van der Waals surface area contributed by atoms with Gasteiger partial charge < -0.3 is 4.57 Å². The monoisotopic (exact) mass is 461 g/mol. The molecule has 0 atom stereocenters. The highest BCUT2D eigenvalue weighted by atomic mass is 15.0. The zero-order valence-electron chi connectivity index (χ0n) is 19.2.